The van der Waals surface area contributed by atoms with Gasteiger partial charge in [0.25, 0.3) is 0 Å². The van der Waals surface area contributed by atoms with E-state index in [0.717, 1.165) is 11.6 Å². The van der Waals surface area contributed by atoms with Crippen LogP contribution in [-0.4, -0.2) is 35.4 Å². The second-order valence-corrected chi connectivity index (χ2v) is 7.19. The number of halogens is 3. The monoisotopic (exact) mass is 427 g/mol. The molecule has 4 rings (SSSR count). The zero-order valence-corrected chi connectivity index (χ0v) is 16.4. The molecule has 3 N–H and O–H groups in total. The highest BCUT2D eigenvalue weighted by molar-refractivity contribution is 6.11. The van der Waals surface area contributed by atoms with Crippen LogP contribution in [0.1, 0.15) is 33.2 Å². The van der Waals surface area contributed by atoms with Gasteiger partial charge in [0, 0.05) is 31.9 Å². The van der Waals surface area contributed by atoms with Gasteiger partial charge in [-0.05, 0) is 29.8 Å². The number of alkyl halides is 3. The Bertz CT molecular complexity index is 1090. The molecule has 2 aromatic heterocycles. The van der Waals surface area contributed by atoms with E-state index < -0.39 is 23.2 Å². The van der Waals surface area contributed by atoms with Crippen molar-refractivity contribution >= 4 is 17.4 Å². The lowest BCUT2D eigenvalue weighted by atomic mass is 10.0. The number of rotatable bonds is 4. The van der Waals surface area contributed by atoms with Crippen molar-refractivity contribution in [2.45, 2.75) is 12.2 Å². The molecular formula is C22H20F3N5O. The van der Waals surface area contributed by atoms with E-state index in [4.69, 9.17) is 5.73 Å². The van der Waals surface area contributed by atoms with Crippen LogP contribution in [0.25, 0.3) is 0 Å². The van der Waals surface area contributed by atoms with Crippen LogP contribution in [0.15, 0.2) is 60.8 Å². The standard InChI is InChI=1S/C22H20F3N5O/c23-22(24,25)16-8-9-18(29-19(16)20(31)15-7-4-10-28-21(15)26)30-12-11-27-17(13-30)14-5-2-1-3-6-14/h1-10,17,27H,11-13H2,(H2,26,28)/t17-/m1/s1. The molecule has 31 heavy (non-hydrogen) atoms. The average molecular weight is 427 g/mol. The minimum absolute atomic E-state index is 0.00726. The number of piperazine rings is 1. The number of nitrogens with one attached hydrogen (secondary N) is 1. The van der Waals surface area contributed by atoms with Gasteiger partial charge in [-0.15, -0.1) is 0 Å². The summed E-state index contributed by atoms with van der Waals surface area (Å²) in [7, 11) is 0. The maximum Gasteiger partial charge on any atom is 0.418 e. The van der Waals surface area contributed by atoms with E-state index in [1.807, 2.05) is 35.2 Å². The Labute approximate surface area is 176 Å². The van der Waals surface area contributed by atoms with Crippen molar-refractivity contribution in [2.24, 2.45) is 0 Å². The molecule has 1 aromatic carbocycles. The Morgan fingerprint density at radius 2 is 1.87 bits per heavy atom. The third-order valence-electron chi connectivity index (χ3n) is 5.19. The highest BCUT2D eigenvalue weighted by Gasteiger charge is 2.37. The van der Waals surface area contributed by atoms with Crippen molar-refractivity contribution in [3.05, 3.63) is 83.2 Å². The van der Waals surface area contributed by atoms with Gasteiger partial charge >= 0.3 is 6.18 Å². The van der Waals surface area contributed by atoms with E-state index >= 15 is 0 Å². The number of hydrogen-bond acceptors (Lipinski definition) is 6. The number of aromatic nitrogens is 2. The molecule has 160 valence electrons. The molecule has 3 aromatic rings. The van der Waals surface area contributed by atoms with Crippen molar-refractivity contribution in [3.63, 3.8) is 0 Å². The number of hydrogen-bond donors (Lipinski definition) is 2. The number of nitrogens with zero attached hydrogens (tertiary/aromatic N) is 3. The third-order valence-corrected chi connectivity index (χ3v) is 5.19. The van der Waals surface area contributed by atoms with Gasteiger partial charge < -0.3 is 16.0 Å². The van der Waals surface area contributed by atoms with Crippen molar-refractivity contribution < 1.29 is 18.0 Å². The number of ketones is 1. The number of nitrogens with two attached hydrogens (primary N) is 1. The molecule has 0 saturated carbocycles. The first kappa shape index (κ1) is 20.8. The Kier molecular flexibility index (Phi) is 5.60. The summed E-state index contributed by atoms with van der Waals surface area (Å²) in [6.45, 7) is 1.68. The zero-order valence-electron chi connectivity index (χ0n) is 16.4. The molecule has 0 spiro atoms. The molecule has 1 saturated heterocycles. The lowest BCUT2D eigenvalue weighted by molar-refractivity contribution is -0.138. The number of anilines is 2. The largest absolute Gasteiger partial charge is 0.418 e. The van der Waals surface area contributed by atoms with Crippen LogP contribution in [0.4, 0.5) is 24.8 Å². The topological polar surface area (TPSA) is 84.1 Å². The second kappa shape index (κ2) is 8.35. The quantitative estimate of drug-likeness (QED) is 0.621. The first-order valence-corrected chi connectivity index (χ1v) is 9.71. The van der Waals surface area contributed by atoms with Gasteiger partial charge in [-0.1, -0.05) is 30.3 Å². The molecule has 1 aliphatic rings. The summed E-state index contributed by atoms with van der Waals surface area (Å²) >= 11 is 0. The summed E-state index contributed by atoms with van der Waals surface area (Å²) in [6.07, 6.45) is -3.37. The summed E-state index contributed by atoms with van der Waals surface area (Å²) in [6, 6.07) is 14.8. The van der Waals surface area contributed by atoms with E-state index in [1.54, 1.807) is 0 Å². The van der Waals surface area contributed by atoms with Gasteiger partial charge in [-0.2, -0.15) is 13.2 Å². The molecule has 9 heteroatoms. The van der Waals surface area contributed by atoms with Crippen LogP contribution in [0, 0.1) is 0 Å². The predicted octanol–water partition coefficient (Wildman–Crippen LogP) is 3.46. The van der Waals surface area contributed by atoms with Crippen LogP contribution in [0.3, 0.4) is 0 Å². The fraction of sp³-hybridized carbons (Fsp3) is 0.227. The Morgan fingerprint density at radius 3 is 2.58 bits per heavy atom. The highest BCUT2D eigenvalue weighted by Crippen LogP contribution is 2.34. The first-order valence-electron chi connectivity index (χ1n) is 9.71. The third kappa shape index (κ3) is 4.36. The maximum absolute atomic E-state index is 13.6. The van der Waals surface area contributed by atoms with Gasteiger partial charge in [0.15, 0.2) is 0 Å². The number of carbonyl (C=O) groups excluding carboxylic acids is 1. The van der Waals surface area contributed by atoms with Gasteiger partial charge in [0.05, 0.1) is 11.1 Å². The zero-order chi connectivity index (χ0) is 22.0. The van der Waals surface area contributed by atoms with Crippen LogP contribution in [0.2, 0.25) is 0 Å². The maximum atomic E-state index is 13.6. The van der Waals surface area contributed by atoms with E-state index in [1.165, 1.54) is 24.4 Å². The van der Waals surface area contributed by atoms with Crippen molar-refractivity contribution in [2.75, 3.05) is 30.3 Å². The van der Waals surface area contributed by atoms with Gasteiger partial charge in [0.2, 0.25) is 5.78 Å². The minimum atomic E-state index is -4.73. The number of benzene rings is 1. The Balaban J connectivity index is 1.70. The molecule has 0 bridgehead atoms. The molecule has 3 heterocycles. The fourth-order valence-corrected chi connectivity index (χ4v) is 3.63. The van der Waals surface area contributed by atoms with Crippen LogP contribution < -0.4 is 16.0 Å². The molecule has 1 fully saturated rings. The molecule has 0 amide bonds. The van der Waals surface area contributed by atoms with E-state index in [-0.39, 0.29) is 17.4 Å². The lowest BCUT2D eigenvalue weighted by Crippen LogP contribution is -2.46. The lowest BCUT2D eigenvalue weighted by Gasteiger charge is -2.35. The predicted molar refractivity (Wildman–Crippen MR) is 111 cm³/mol. The molecule has 0 radical (unpaired) electrons. The second-order valence-electron chi connectivity index (χ2n) is 7.19. The first-order chi connectivity index (χ1) is 14.8. The van der Waals surface area contributed by atoms with Gasteiger partial charge in [-0.3, -0.25) is 4.79 Å². The van der Waals surface area contributed by atoms with Crippen molar-refractivity contribution in [1.82, 2.24) is 15.3 Å². The van der Waals surface area contributed by atoms with Crippen LogP contribution in [-0.2, 0) is 6.18 Å². The molecule has 1 aliphatic heterocycles. The average Bonchev–Trinajstić information content (AvgIpc) is 2.78. The summed E-state index contributed by atoms with van der Waals surface area (Å²) in [5.74, 6) is -0.741. The fourth-order valence-electron chi connectivity index (χ4n) is 3.63. The van der Waals surface area contributed by atoms with Gasteiger partial charge in [-0.25, -0.2) is 9.97 Å². The molecule has 6 nitrogen and oxygen atoms in total. The van der Waals surface area contributed by atoms with Gasteiger partial charge in [0.1, 0.15) is 17.3 Å². The number of pyridine rings is 2. The van der Waals surface area contributed by atoms with Crippen LogP contribution in [0.5, 0.6) is 0 Å². The number of nitrogen functional groups attached to an aromatic ring is 1. The Morgan fingerprint density at radius 1 is 1.10 bits per heavy atom. The summed E-state index contributed by atoms with van der Waals surface area (Å²) < 4.78 is 40.9. The normalized spacial score (nSPS) is 16.9. The van der Waals surface area contributed by atoms with E-state index in [2.05, 4.69) is 15.3 Å². The summed E-state index contributed by atoms with van der Waals surface area (Å²) in [4.78, 5) is 22.8. The molecule has 1 atom stereocenters. The molecule has 0 aliphatic carbocycles. The number of carbonyl (C=O) groups is 1. The van der Waals surface area contributed by atoms with Crippen molar-refractivity contribution in [3.8, 4) is 0 Å². The summed E-state index contributed by atoms with van der Waals surface area (Å²) in [5.41, 5.74) is 4.90. The summed E-state index contributed by atoms with van der Waals surface area (Å²) in [5, 5.41) is 3.40. The highest BCUT2D eigenvalue weighted by atomic mass is 19.4. The van der Waals surface area contributed by atoms with Crippen LogP contribution >= 0.6 is 0 Å². The minimum Gasteiger partial charge on any atom is -0.383 e. The van der Waals surface area contributed by atoms with E-state index in [0.29, 0.717) is 25.5 Å². The van der Waals surface area contributed by atoms with E-state index in [9.17, 15) is 18.0 Å². The SMILES string of the molecule is Nc1ncccc1C(=O)c1nc(N2CCN[C@@H](c3ccccc3)C2)ccc1C(F)(F)F. The molecule has 0 unspecified atom stereocenters. The van der Waals surface area contributed by atoms with Crippen molar-refractivity contribution in [1.29, 1.82) is 0 Å². The smallest absolute Gasteiger partial charge is 0.383 e. The Hall–Kier alpha value is -3.46. The molecular weight excluding hydrogens is 407 g/mol.